The maximum Gasteiger partial charge on any atom is 0.234 e. The normalized spacial score (nSPS) is 10.5. The molecule has 0 atom stereocenters. The maximum absolute atomic E-state index is 12.7. The van der Waals surface area contributed by atoms with Gasteiger partial charge in [0.25, 0.3) is 0 Å². The van der Waals surface area contributed by atoms with E-state index in [9.17, 15) is 9.59 Å². The van der Waals surface area contributed by atoms with E-state index in [2.05, 4.69) is 5.32 Å². The minimum atomic E-state index is -0.177. The Morgan fingerprint density at radius 1 is 0.893 bits per heavy atom. The summed E-state index contributed by atoms with van der Waals surface area (Å²) in [6, 6.07) is 21.3. The summed E-state index contributed by atoms with van der Waals surface area (Å²) in [5.74, 6) is 0.529. The molecule has 0 radical (unpaired) electrons. The van der Waals surface area contributed by atoms with E-state index in [1.807, 2.05) is 24.3 Å². The summed E-state index contributed by atoms with van der Waals surface area (Å²) in [5.41, 5.74) is 2.47. The summed E-state index contributed by atoms with van der Waals surface area (Å²) in [7, 11) is 0. The number of benzene rings is 3. The number of amides is 1. The zero-order valence-electron chi connectivity index (χ0n) is 14.8. The highest BCUT2D eigenvalue weighted by atomic mass is 35.5. The first-order chi connectivity index (χ1) is 13.5. The van der Waals surface area contributed by atoms with Crippen LogP contribution in [0.3, 0.4) is 0 Å². The Hall–Kier alpha value is -2.27. The lowest BCUT2D eigenvalue weighted by molar-refractivity contribution is -0.113. The van der Waals surface area contributed by atoms with Crippen LogP contribution in [0.4, 0.5) is 5.69 Å². The van der Waals surface area contributed by atoms with Crippen molar-refractivity contribution in [3.05, 3.63) is 99.5 Å². The van der Waals surface area contributed by atoms with Gasteiger partial charge in [0.05, 0.1) is 11.4 Å². The van der Waals surface area contributed by atoms with E-state index in [0.29, 0.717) is 32.6 Å². The van der Waals surface area contributed by atoms with Crippen molar-refractivity contribution in [3.8, 4) is 0 Å². The Morgan fingerprint density at radius 2 is 1.61 bits per heavy atom. The molecule has 0 heterocycles. The van der Waals surface area contributed by atoms with Crippen molar-refractivity contribution in [2.75, 3.05) is 11.1 Å². The fourth-order valence-corrected chi connectivity index (χ4v) is 4.00. The Kier molecular flexibility index (Phi) is 7.15. The molecule has 0 saturated heterocycles. The number of carbonyl (C=O) groups is 2. The third-order valence-corrected chi connectivity index (χ3v) is 5.56. The SMILES string of the molecule is O=C(CSCc1ccc(Cl)cc1Cl)Nc1ccccc1C(=O)c1ccccc1. The fraction of sp³-hybridized carbons (Fsp3) is 0.0909. The number of carbonyl (C=O) groups excluding carboxylic acids is 2. The second kappa shape index (κ2) is 9.78. The number of ketones is 1. The molecule has 0 unspecified atom stereocenters. The molecule has 0 aliphatic heterocycles. The topological polar surface area (TPSA) is 46.2 Å². The van der Waals surface area contributed by atoms with E-state index in [1.54, 1.807) is 48.5 Å². The van der Waals surface area contributed by atoms with Crippen molar-refractivity contribution in [3.63, 3.8) is 0 Å². The minimum absolute atomic E-state index is 0.128. The molecule has 0 saturated carbocycles. The maximum atomic E-state index is 12.7. The van der Waals surface area contributed by atoms with Crippen LogP contribution in [0.1, 0.15) is 21.5 Å². The van der Waals surface area contributed by atoms with Gasteiger partial charge >= 0.3 is 0 Å². The van der Waals surface area contributed by atoms with Crippen LogP contribution >= 0.6 is 35.0 Å². The first-order valence-corrected chi connectivity index (χ1v) is 10.5. The Labute approximate surface area is 178 Å². The molecule has 0 aromatic heterocycles. The summed E-state index contributed by atoms with van der Waals surface area (Å²) >= 11 is 13.5. The number of para-hydroxylation sites is 1. The first kappa shape index (κ1) is 20.5. The number of hydrogen-bond donors (Lipinski definition) is 1. The van der Waals surface area contributed by atoms with Gasteiger partial charge in [-0.2, -0.15) is 0 Å². The number of thioether (sulfide) groups is 1. The molecule has 28 heavy (non-hydrogen) atoms. The molecule has 6 heteroatoms. The number of anilines is 1. The van der Waals surface area contributed by atoms with Crippen LogP contribution in [-0.4, -0.2) is 17.4 Å². The molecular formula is C22H17Cl2NO2S. The van der Waals surface area contributed by atoms with Crippen LogP contribution in [-0.2, 0) is 10.5 Å². The lowest BCUT2D eigenvalue weighted by atomic mass is 10.0. The summed E-state index contributed by atoms with van der Waals surface area (Å²) in [5, 5.41) is 4.00. The highest BCUT2D eigenvalue weighted by molar-refractivity contribution is 7.99. The average molecular weight is 430 g/mol. The van der Waals surface area contributed by atoms with Gasteiger partial charge in [-0.1, -0.05) is 71.7 Å². The van der Waals surface area contributed by atoms with E-state index < -0.39 is 0 Å². The standard InChI is InChI=1S/C22H17Cl2NO2S/c23-17-11-10-16(19(24)12-17)13-28-14-21(26)25-20-9-5-4-8-18(20)22(27)15-6-2-1-3-7-15/h1-12H,13-14H2,(H,25,26). The van der Waals surface area contributed by atoms with Gasteiger partial charge in [0.1, 0.15) is 0 Å². The lowest BCUT2D eigenvalue weighted by Crippen LogP contribution is -2.17. The van der Waals surface area contributed by atoms with Crippen LogP contribution in [0.15, 0.2) is 72.8 Å². The van der Waals surface area contributed by atoms with Gasteiger partial charge in [0.2, 0.25) is 5.91 Å². The molecule has 0 aliphatic carbocycles. The second-order valence-electron chi connectivity index (χ2n) is 6.02. The minimum Gasteiger partial charge on any atom is -0.325 e. The summed E-state index contributed by atoms with van der Waals surface area (Å²) in [6.45, 7) is 0. The zero-order chi connectivity index (χ0) is 19.9. The number of halogens is 2. The third kappa shape index (κ3) is 5.38. The van der Waals surface area contributed by atoms with Crippen molar-refractivity contribution >= 4 is 52.3 Å². The molecule has 3 nitrogen and oxygen atoms in total. The fourth-order valence-electron chi connectivity index (χ4n) is 2.61. The Bertz CT molecular complexity index is 993. The largest absolute Gasteiger partial charge is 0.325 e. The van der Waals surface area contributed by atoms with Crippen LogP contribution < -0.4 is 5.32 Å². The molecule has 0 fully saturated rings. The van der Waals surface area contributed by atoms with Gasteiger partial charge in [0.15, 0.2) is 5.78 Å². The van der Waals surface area contributed by atoms with E-state index in [1.165, 1.54) is 11.8 Å². The molecule has 1 amide bonds. The van der Waals surface area contributed by atoms with Gasteiger partial charge in [-0.3, -0.25) is 9.59 Å². The van der Waals surface area contributed by atoms with Gasteiger partial charge < -0.3 is 5.32 Å². The van der Waals surface area contributed by atoms with Crippen molar-refractivity contribution < 1.29 is 9.59 Å². The molecule has 0 aliphatic rings. The molecule has 142 valence electrons. The predicted octanol–water partition coefficient (Wildman–Crippen LogP) is 6.10. The molecule has 3 aromatic rings. The van der Waals surface area contributed by atoms with Crippen LogP contribution in [0.2, 0.25) is 10.0 Å². The van der Waals surface area contributed by atoms with Gasteiger partial charge in [-0.25, -0.2) is 0 Å². The van der Waals surface area contributed by atoms with E-state index >= 15 is 0 Å². The summed E-state index contributed by atoms with van der Waals surface area (Å²) in [6.07, 6.45) is 0. The molecule has 0 spiro atoms. The van der Waals surface area contributed by atoms with Crippen LogP contribution in [0.5, 0.6) is 0 Å². The van der Waals surface area contributed by atoms with E-state index in [-0.39, 0.29) is 17.4 Å². The van der Waals surface area contributed by atoms with E-state index in [4.69, 9.17) is 23.2 Å². The van der Waals surface area contributed by atoms with E-state index in [0.717, 1.165) is 5.56 Å². The van der Waals surface area contributed by atoms with Crippen molar-refractivity contribution in [2.24, 2.45) is 0 Å². The second-order valence-corrected chi connectivity index (χ2v) is 7.85. The number of hydrogen-bond acceptors (Lipinski definition) is 3. The van der Waals surface area contributed by atoms with Gasteiger partial charge in [-0.15, -0.1) is 11.8 Å². The van der Waals surface area contributed by atoms with Gasteiger partial charge in [-0.05, 0) is 29.8 Å². The molecule has 3 aromatic carbocycles. The Morgan fingerprint density at radius 3 is 2.36 bits per heavy atom. The highest BCUT2D eigenvalue weighted by Gasteiger charge is 2.15. The zero-order valence-corrected chi connectivity index (χ0v) is 17.2. The van der Waals surface area contributed by atoms with Crippen molar-refractivity contribution in [1.29, 1.82) is 0 Å². The number of rotatable bonds is 7. The third-order valence-electron chi connectivity index (χ3n) is 3.99. The average Bonchev–Trinajstić information content (AvgIpc) is 2.70. The van der Waals surface area contributed by atoms with Crippen molar-refractivity contribution in [2.45, 2.75) is 5.75 Å². The predicted molar refractivity (Wildman–Crippen MR) is 118 cm³/mol. The number of nitrogens with one attached hydrogen (secondary N) is 1. The lowest BCUT2D eigenvalue weighted by Gasteiger charge is -2.11. The quantitative estimate of drug-likeness (QED) is 0.461. The first-order valence-electron chi connectivity index (χ1n) is 8.55. The van der Waals surface area contributed by atoms with Gasteiger partial charge in [0, 0.05) is 26.9 Å². The molecule has 0 bridgehead atoms. The smallest absolute Gasteiger partial charge is 0.234 e. The summed E-state index contributed by atoms with van der Waals surface area (Å²) < 4.78 is 0. The van der Waals surface area contributed by atoms with Crippen LogP contribution in [0, 0.1) is 0 Å². The van der Waals surface area contributed by atoms with Crippen LogP contribution in [0.25, 0.3) is 0 Å². The molecule has 3 rings (SSSR count). The van der Waals surface area contributed by atoms with Crippen molar-refractivity contribution in [1.82, 2.24) is 0 Å². The highest BCUT2D eigenvalue weighted by Crippen LogP contribution is 2.25. The molecular weight excluding hydrogens is 413 g/mol. The monoisotopic (exact) mass is 429 g/mol. The molecule has 1 N–H and O–H groups in total. The summed E-state index contributed by atoms with van der Waals surface area (Å²) in [4.78, 5) is 25.1. The Balaban J connectivity index is 1.62.